The van der Waals surface area contributed by atoms with Gasteiger partial charge in [-0.1, -0.05) is 24.3 Å². The largest absolute Gasteiger partial charge is 0.491 e. The van der Waals surface area contributed by atoms with E-state index in [1.54, 1.807) is 22.7 Å². The number of rotatable bonds is 0. The van der Waals surface area contributed by atoms with Gasteiger partial charge in [-0.2, -0.15) is 0 Å². The summed E-state index contributed by atoms with van der Waals surface area (Å²) in [6.07, 6.45) is 0. The summed E-state index contributed by atoms with van der Waals surface area (Å²) in [6.45, 7) is 6.10. The third-order valence-corrected chi connectivity index (χ3v) is 10.8. The minimum atomic E-state index is 0.481. The van der Waals surface area contributed by atoms with Crippen molar-refractivity contribution in [3.63, 3.8) is 0 Å². The van der Waals surface area contributed by atoms with Gasteiger partial charge in [0.15, 0.2) is 0 Å². The van der Waals surface area contributed by atoms with Crippen LogP contribution in [0.25, 0.3) is 40.4 Å². The third kappa shape index (κ3) is 9.73. The fourth-order valence-electron chi connectivity index (χ4n) is 4.75. The van der Waals surface area contributed by atoms with Gasteiger partial charge in [0.2, 0.25) is 0 Å². The molecule has 0 N–H and O–H groups in total. The molecule has 0 saturated carbocycles. The van der Waals surface area contributed by atoms with Crippen LogP contribution in [0.2, 0.25) is 0 Å². The van der Waals surface area contributed by atoms with Crippen LogP contribution in [0.15, 0.2) is 84.9 Å². The summed E-state index contributed by atoms with van der Waals surface area (Å²) < 4.78 is 39.9. The van der Waals surface area contributed by atoms with E-state index in [4.69, 9.17) is 33.2 Å². The van der Waals surface area contributed by atoms with Crippen molar-refractivity contribution in [3.8, 4) is 51.9 Å². The van der Waals surface area contributed by atoms with Gasteiger partial charge in [-0.15, -0.1) is 34.0 Å². The molecule has 1 aliphatic heterocycles. The highest BCUT2D eigenvalue weighted by molar-refractivity contribution is 7.27. The Morgan fingerprint density at radius 2 is 0.630 bits per heavy atom. The molecule has 10 heteroatoms. The Kier molecular flexibility index (Phi) is 12.7. The number of ether oxygens (including phenoxy) is 7. The predicted molar refractivity (Wildman–Crippen MR) is 187 cm³/mol. The quantitative estimate of drug-likeness (QED) is 0.163. The van der Waals surface area contributed by atoms with Gasteiger partial charge in [-0.25, -0.2) is 0 Å². The second-order valence-electron chi connectivity index (χ2n) is 10.3. The maximum absolute atomic E-state index is 5.96. The molecule has 1 aliphatic rings. The van der Waals surface area contributed by atoms with Gasteiger partial charge >= 0.3 is 0 Å². The van der Waals surface area contributed by atoms with Gasteiger partial charge in [0.1, 0.15) is 24.7 Å². The van der Waals surface area contributed by atoms with Crippen LogP contribution in [0.5, 0.6) is 11.5 Å². The van der Waals surface area contributed by atoms with Gasteiger partial charge < -0.3 is 33.2 Å². The van der Waals surface area contributed by atoms with Crippen molar-refractivity contribution in [1.29, 1.82) is 0 Å². The van der Waals surface area contributed by atoms with Gasteiger partial charge in [0.25, 0.3) is 0 Å². The zero-order valence-electron chi connectivity index (χ0n) is 25.7. The van der Waals surface area contributed by atoms with Crippen LogP contribution in [0, 0.1) is 0 Å². The zero-order valence-corrected chi connectivity index (χ0v) is 28.1. The molecule has 5 aromatic rings. The smallest absolute Gasteiger partial charge is 0.120 e. The number of fused-ring (bicyclic) bond motifs is 14. The van der Waals surface area contributed by atoms with Gasteiger partial charge in [-0.05, 0) is 71.8 Å². The first-order valence-corrected chi connectivity index (χ1v) is 17.9. The Morgan fingerprint density at radius 1 is 0.326 bits per heavy atom. The number of benzene rings is 2. The van der Waals surface area contributed by atoms with E-state index < -0.39 is 0 Å². The van der Waals surface area contributed by atoms with Crippen LogP contribution < -0.4 is 9.47 Å². The Hall–Kier alpha value is -3.06. The Morgan fingerprint density at radius 3 is 1.00 bits per heavy atom. The summed E-state index contributed by atoms with van der Waals surface area (Å²) >= 11 is 5.43. The topological polar surface area (TPSA) is 64.6 Å². The minimum absolute atomic E-state index is 0.481. The highest BCUT2D eigenvalue weighted by Gasteiger charge is 2.12. The van der Waals surface area contributed by atoms with E-state index in [1.165, 1.54) is 29.3 Å². The van der Waals surface area contributed by atoms with Crippen molar-refractivity contribution in [2.24, 2.45) is 0 Å². The van der Waals surface area contributed by atoms with E-state index in [1.807, 2.05) is 35.6 Å². The van der Waals surface area contributed by atoms with Crippen LogP contribution in [0.4, 0.5) is 0 Å². The zero-order chi connectivity index (χ0) is 31.2. The molecule has 242 valence electrons. The number of thiophene rings is 3. The molecular weight excluding hydrogens is 641 g/mol. The van der Waals surface area contributed by atoms with Crippen molar-refractivity contribution >= 4 is 34.0 Å². The summed E-state index contributed by atoms with van der Waals surface area (Å²) in [4.78, 5) is 7.48. The SMILES string of the molecule is c1cc2cc(c1)-c1ccc(s1)-c1ccc(s1)-c1ccc(s1)-c1cccc(c1)OCCOCCOCCOCCOCCOCCO2. The van der Waals surface area contributed by atoms with Crippen LogP contribution in [-0.2, 0) is 23.7 Å². The van der Waals surface area contributed by atoms with Crippen LogP contribution in [-0.4, -0.2) is 79.3 Å². The molecule has 0 spiro atoms. The maximum atomic E-state index is 5.96. The van der Waals surface area contributed by atoms with E-state index in [0.717, 1.165) is 22.6 Å². The Balaban J connectivity index is 1.11. The molecule has 0 fully saturated rings. The summed E-state index contributed by atoms with van der Waals surface area (Å²) in [7, 11) is 0. The van der Waals surface area contributed by atoms with Crippen LogP contribution in [0.1, 0.15) is 0 Å². The van der Waals surface area contributed by atoms with Gasteiger partial charge in [0, 0.05) is 29.3 Å². The van der Waals surface area contributed by atoms with E-state index in [-0.39, 0.29) is 0 Å². The lowest BCUT2D eigenvalue weighted by atomic mass is 10.2. The summed E-state index contributed by atoms with van der Waals surface area (Å²) in [6, 6.07) is 29.7. The van der Waals surface area contributed by atoms with Crippen LogP contribution in [0.3, 0.4) is 0 Å². The van der Waals surface area contributed by atoms with Crippen molar-refractivity contribution < 1.29 is 33.2 Å². The first kappa shape index (κ1) is 32.9. The predicted octanol–water partition coefficient (Wildman–Crippen LogP) is 8.39. The second kappa shape index (κ2) is 17.7. The lowest BCUT2D eigenvalue weighted by Gasteiger charge is -2.10. The Bertz CT molecular complexity index is 1510. The molecule has 0 atom stereocenters. The second-order valence-corrected chi connectivity index (χ2v) is 13.6. The first-order chi connectivity index (χ1) is 22.8. The molecule has 4 heterocycles. The van der Waals surface area contributed by atoms with E-state index in [9.17, 15) is 0 Å². The molecular formula is C36H38O7S3. The highest BCUT2D eigenvalue weighted by atomic mass is 32.1. The molecule has 0 amide bonds. The Labute approximate surface area is 282 Å². The van der Waals surface area contributed by atoms with Crippen molar-refractivity contribution in [2.45, 2.75) is 0 Å². The standard InChI is InChI=1S/C36H38O7S3/c1-3-27-25-29(5-1)42-23-21-40-19-17-38-15-13-37-14-16-39-18-20-41-22-24-43-30-6-2-4-28(26-30)32-8-10-34(45-32)36-12-11-35(46-36)33-9-7-31(27)44-33/h1-12,25-26H,13-24H2. The lowest BCUT2D eigenvalue weighted by molar-refractivity contribution is -0.0141. The maximum Gasteiger partial charge on any atom is 0.120 e. The number of hydrogen-bond acceptors (Lipinski definition) is 10. The van der Waals surface area contributed by atoms with E-state index >= 15 is 0 Å². The molecule has 0 unspecified atom stereocenters. The summed E-state index contributed by atoms with van der Waals surface area (Å²) in [5.74, 6) is 1.67. The average molecular weight is 679 g/mol. The molecule has 0 radical (unpaired) electrons. The number of hydrogen-bond donors (Lipinski definition) is 0. The lowest BCUT2D eigenvalue weighted by Crippen LogP contribution is -2.15. The molecule has 46 heavy (non-hydrogen) atoms. The molecule has 0 saturated heterocycles. The summed E-state index contributed by atoms with van der Waals surface area (Å²) in [5.41, 5.74) is 2.29. The van der Waals surface area contributed by atoms with E-state index in [2.05, 4.69) is 60.7 Å². The normalized spacial score (nSPS) is 16.4. The van der Waals surface area contributed by atoms with Crippen molar-refractivity contribution in [1.82, 2.24) is 0 Å². The first-order valence-electron chi connectivity index (χ1n) is 15.5. The monoisotopic (exact) mass is 678 g/mol. The molecule has 3 aromatic heterocycles. The molecule has 6 rings (SSSR count). The van der Waals surface area contributed by atoms with Crippen molar-refractivity contribution in [3.05, 3.63) is 84.9 Å². The van der Waals surface area contributed by atoms with Gasteiger partial charge in [0.05, 0.1) is 66.1 Å². The van der Waals surface area contributed by atoms with Crippen LogP contribution >= 0.6 is 34.0 Å². The average Bonchev–Trinajstić information content (AvgIpc) is 3.87. The highest BCUT2D eigenvalue weighted by Crippen LogP contribution is 2.43. The molecule has 0 aliphatic carbocycles. The minimum Gasteiger partial charge on any atom is -0.491 e. The van der Waals surface area contributed by atoms with Gasteiger partial charge in [-0.3, -0.25) is 0 Å². The molecule has 7 nitrogen and oxygen atoms in total. The fraction of sp³-hybridized carbons (Fsp3) is 0.333. The van der Waals surface area contributed by atoms with E-state index in [0.29, 0.717) is 79.3 Å². The summed E-state index contributed by atoms with van der Waals surface area (Å²) in [5, 5.41) is 0. The third-order valence-electron chi connectivity index (χ3n) is 7.02. The fourth-order valence-corrected chi connectivity index (χ4v) is 7.94. The van der Waals surface area contributed by atoms with Crippen molar-refractivity contribution in [2.75, 3.05) is 79.3 Å². The molecule has 2 aromatic carbocycles. The molecule has 10 bridgehead atoms.